The first-order valence-corrected chi connectivity index (χ1v) is 24.7. The quantitative estimate of drug-likeness (QED) is 0.0151. The van der Waals surface area contributed by atoms with Gasteiger partial charge in [-0.15, -0.1) is 0 Å². The van der Waals surface area contributed by atoms with Crippen LogP contribution in [0, 0.1) is 5.92 Å². The summed E-state index contributed by atoms with van der Waals surface area (Å²) in [5.41, 5.74) is 0. The third kappa shape index (κ3) is 42.3. The van der Waals surface area contributed by atoms with Crippen molar-refractivity contribution >= 4 is 19.8 Å². The highest BCUT2D eigenvalue weighted by Crippen LogP contribution is 2.43. The van der Waals surface area contributed by atoms with E-state index in [9.17, 15) is 29.3 Å². The van der Waals surface area contributed by atoms with E-state index >= 15 is 0 Å². The van der Waals surface area contributed by atoms with Crippen LogP contribution in [0.2, 0.25) is 0 Å². The van der Waals surface area contributed by atoms with E-state index in [0.29, 0.717) is 32.1 Å². The van der Waals surface area contributed by atoms with Gasteiger partial charge in [0, 0.05) is 12.8 Å². The Morgan fingerprint density at radius 1 is 0.617 bits per heavy atom. The molecule has 0 spiro atoms. The first-order valence-electron chi connectivity index (χ1n) is 23.2. The zero-order valence-corrected chi connectivity index (χ0v) is 38.6. The number of carbonyl (C=O) groups excluding carboxylic acids is 2. The highest BCUT2D eigenvalue weighted by molar-refractivity contribution is 7.47. The van der Waals surface area contributed by atoms with Gasteiger partial charge in [0.2, 0.25) is 0 Å². The molecule has 60 heavy (non-hydrogen) atoms. The number of carbonyl (C=O) groups is 2. The molecule has 0 fully saturated rings. The average molecular weight is 869 g/mol. The van der Waals surface area contributed by atoms with Crippen molar-refractivity contribution in [2.24, 2.45) is 5.92 Å². The normalized spacial score (nSPS) is 14.9. The van der Waals surface area contributed by atoms with Crippen LogP contribution in [0.1, 0.15) is 181 Å². The van der Waals surface area contributed by atoms with E-state index in [4.69, 9.17) is 19.1 Å². The Morgan fingerprint density at radius 3 is 1.75 bits per heavy atom. The summed E-state index contributed by atoms with van der Waals surface area (Å²) in [6.07, 6.45) is 42.3. The molecule has 4 N–H and O–H groups in total. The number of esters is 2. The molecule has 2 unspecified atom stereocenters. The van der Waals surface area contributed by atoms with E-state index in [1.807, 2.05) is 42.5 Å². The number of phosphoric ester groups is 1. The molecule has 0 aliphatic heterocycles. The minimum Gasteiger partial charge on any atom is -0.462 e. The number of rotatable bonds is 42. The number of aliphatic hydroxyl groups excluding tert-OH is 3. The van der Waals surface area contributed by atoms with Crippen molar-refractivity contribution in [3.63, 3.8) is 0 Å². The second kappa shape index (κ2) is 42.0. The van der Waals surface area contributed by atoms with E-state index in [2.05, 4.69) is 37.4 Å². The van der Waals surface area contributed by atoms with Gasteiger partial charge in [0.05, 0.1) is 25.9 Å². The fraction of sp³-hybridized carbons (Fsp3) is 0.750. The first-order chi connectivity index (χ1) is 29.0. The molecule has 0 aromatic rings. The molecular formula is C48H85O11P. The van der Waals surface area contributed by atoms with Crippen LogP contribution in [-0.4, -0.2) is 76.9 Å². The van der Waals surface area contributed by atoms with Crippen LogP contribution in [0.15, 0.2) is 60.8 Å². The van der Waals surface area contributed by atoms with Gasteiger partial charge in [0.15, 0.2) is 6.10 Å². The Balaban J connectivity index is 4.38. The standard InChI is InChI=1S/C48H85O11P/c1-4-5-6-7-25-30-35-44(50)36-31-26-21-18-19-22-27-32-37-47(52)56-41-46(42-58-60(54,55)57-40-45(51)39-49)59-48(53)38-33-28-23-17-15-13-11-9-8-10-12-14-16-20-24-29-34-43(2)3/h5-6,19,21-22,25-26,30-31,36,43-46,49-51H,4,7-18,20,23-24,27-29,32-35,37-42H2,1-3H3,(H,54,55)/b6-5-,22-19-,26-21-,30-25-,36-31+/t44?,45-,46+/m0/s1. The van der Waals surface area contributed by atoms with Crippen LogP contribution >= 0.6 is 7.82 Å². The average Bonchev–Trinajstić information content (AvgIpc) is 3.22. The summed E-state index contributed by atoms with van der Waals surface area (Å²) >= 11 is 0. The van der Waals surface area contributed by atoms with Crippen molar-refractivity contribution in [2.45, 2.75) is 200 Å². The summed E-state index contributed by atoms with van der Waals surface area (Å²) in [7, 11) is -4.65. The van der Waals surface area contributed by atoms with Crippen molar-refractivity contribution in [3.05, 3.63) is 60.8 Å². The van der Waals surface area contributed by atoms with Gasteiger partial charge in [-0.1, -0.05) is 184 Å². The van der Waals surface area contributed by atoms with Crippen molar-refractivity contribution in [2.75, 3.05) is 26.4 Å². The third-order valence-corrected chi connectivity index (χ3v) is 10.6. The molecule has 4 atom stereocenters. The van der Waals surface area contributed by atoms with Crippen LogP contribution in [0.25, 0.3) is 0 Å². The molecule has 0 aromatic carbocycles. The first kappa shape index (κ1) is 57.6. The van der Waals surface area contributed by atoms with Crippen LogP contribution in [0.5, 0.6) is 0 Å². The number of aliphatic hydroxyl groups is 3. The highest BCUT2D eigenvalue weighted by Gasteiger charge is 2.27. The van der Waals surface area contributed by atoms with E-state index in [0.717, 1.165) is 38.0 Å². The van der Waals surface area contributed by atoms with E-state index in [1.165, 1.54) is 83.5 Å². The molecule has 0 aromatic heterocycles. The predicted octanol–water partition coefficient (Wildman–Crippen LogP) is 11.5. The molecule has 0 saturated heterocycles. The van der Waals surface area contributed by atoms with Crippen LogP contribution in [0.3, 0.4) is 0 Å². The van der Waals surface area contributed by atoms with Gasteiger partial charge in [-0.2, -0.15) is 0 Å². The Hall–Kier alpha value is -2.37. The maximum absolute atomic E-state index is 12.6. The lowest BCUT2D eigenvalue weighted by Crippen LogP contribution is -2.29. The zero-order chi connectivity index (χ0) is 44.4. The number of hydrogen-bond donors (Lipinski definition) is 4. The minimum atomic E-state index is -4.65. The number of phosphoric acid groups is 1. The Labute approximate surface area is 364 Å². The molecule has 0 aliphatic carbocycles. The monoisotopic (exact) mass is 869 g/mol. The van der Waals surface area contributed by atoms with Gasteiger partial charge in [0.25, 0.3) is 0 Å². The summed E-state index contributed by atoms with van der Waals surface area (Å²) in [6, 6.07) is 0. The fourth-order valence-corrected chi connectivity index (χ4v) is 6.91. The van der Waals surface area contributed by atoms with E-state index in [1.54, 1.807) is 6.08 Å². The van der Waals surface area contributed by atoms with Crippen molar-refractivity contribution < 1.29 is 52.9 Å². The zero-order valence-electron chi connectivity index (χ0n) is 37.7. The maximum Gasteiger partial charge on any atom is 0.472 e. The summed E-state index contributed by atoms with van der Waals surface area (Å²) in [5.74, 6) is -0.204. The molecule has 0 heterocycles. The van der Waals surface area contributed by atoms with Gasteiger partial charge in [-0.25, -0.2) is 4.57 Å². The van der Waals surface area contributed by atoms with Gasteiger partial charge in [-0.3, -0.25) is 18.6 Å². The number of allylic oxidation sites excluding steroid dienone is 8. The molecule has 12 heteroatoms. The predicted molar refractivity (Wildman–Crippen MR) is 243 cm³/mol. The van der Waals surface area contributed by atoms with Gasteiger partial charge >= 0.3 is 19.8 Å². The molecule has 348 valence electrons. The lowest BCUT2D eigenvalue weighted by Gasteiger charge is -2.20. The smallest absolute Gasteiger partial charge is 0.462 e. The topological polar surface area (TPSA) is 169 Å². The Bertz CT molecular complexity index is 1210. The van der Waals surface area contributed by atoms with Gasteiger partial charge < -0.3 is 29.7 Å². The maximum atomic E-state index is 12.6. The molecule has 0 rings (SSSR count). The summed E-state index contributed by atoms with van der Waals surface area (Å²) in [4.78, 5) is 35.0. The largest absolute Gasteiger partial charge is 0.472 e. The minimum absolute atomic E-state index is 0.130. The second-order valence-electron chi connectivity index (χ2n) is 16.1. The van der Waals surface area contributed by atoms with Crippen molar-refractivity contribution in [1.82, 2.24) is 0 Å². The van der Waals surface area contributed by atoms with Crippen LogP contribution in [-0.2, 0) is 32.7 Å². The Morgan fingerprint density at radius 2 is 1.15 bits per heavy atom. The molecule has 0 bridgehead atoms. The summed E-state index contributed by atoms with van der Waals surface area (Å²) < 4.78 is 32.7. The molecule has 0 radical (unpaired) electrons. The summed E-state index contributed by atoms with van der Waals surface area (Å²) in [6.45, 7) is 4.46. The summed E-state index contributed by atoms with van der Waals surface area (Å²) in [5, 5.41) is 28.4. The van der Waals surface area contributed by atoms with Gasteiger partial charge in [0.1, 0.15) is 12.7 Å². The fourth-order valence-electron chi connectivity index (χ4n) is 6.12. The molecule has 0 saturated carbocycles. The lowest BCUT2D eigenvalue weighted by molar-refractivity contribution is -0.161. The molecule has 11 nitrogen and oxygen atoms in total. The van der Waals surface area contributed by atoms with E-state index in [-0.39, 0.29) is 19.4 Å². The SMILES string of the molecule is CC/C=C\C/C=C\CC(O)/C=C/C=C\C/C=C\CCCC(=O)OC[C@H](COP(=O)(O)OC[C@@H](O)CO)OC(=O)CCCCCCCCCCCCCCCCCCC(C)C. The number of ether oxygens (including phenoxy) is 2. The van der Waals surface area contributed by atoms with Crippen LogP contribution < -0.4 is 0 Å². The van der Waals surface area contributed by atoms with Crippen molar-refractivity contribution in [3.8, 4) is 0 Å². The van der Waals surface area contributed by atoms with Crippen molar-refractivity contribution in [1.29, 1.82) is 0 Å². The van der Waals surface area contributed by atoms with E-state index < -0.39 is 57.9 Å². The van der Waals surface area contributed by atoms with Gasteiger partial charge in [-0.05, 0) is 50.9 Å². The second-order valence-corrected chi connectivity index (χ2v) is 17.5. The Kier molecular flexibility index (Phi) is 40.3. The highest BCUT2D eigenvalue weighted by atomic mass is 31.2. The third-order valence-electron chi connectivity index (χ3n) is 9.69. The number of unbranched alkanes of at least 4 members (excludes halogenated alkanes) is 16. The molecule has 0 aliphatic rings. The van der Waals surface area contributed by atoms with Crippen LogP contribution in [0.4, 0.5) is 0 Å². The molecule has 0 amide bonds. The molecular weight excluding hydrogens is 783 g/mol. The number of hydrogen-bond acceptors (Lipinski definition) is 10. The lowest BCUT2D eigenvalue weighted by atomic mass is 10.0.